The van der Waals surface area contributed by atoms with Crippen LogP contribution in [-0.2, 0) is 0 Å². The second-order valence-electron chi connectivity index (χ2n) is 5.97. The number of hydrogen-bond donors (Lipinski definition) is 1. The second kappa shape index (κ2) is 7.51. The van der Waals surface area contributed by atoms with Crippen molar-refractivity contribution in [2.45, 2.75) is 13.8 Å². The van der Waals surface area contributed by atoms with E-state index in [-0.39, 0.29) is 22.2 Å². The Morgan fingerprint density at radius 2 is 1.74 bits per heavy atom. The van der Waals surface area contributed by atoms with Crippen LogP contribution in [0.25, 0.3) is 11.1 Å². The molecule has 1 aromatic heterocycles. The standard InChI is InChI=1S/C19H15ClN4O3/c1-11-3-4-13(7-12(11)2)14-9-21-19(22-10-14)23-18(25)16-8-15(20)5-6-17(16)24(26)27/h3-10H,1-2H3,(H,21,22,23,25). The Morgan fingerprint density at radius 1 is 1.04 bits per heavy atom. The average Bonchev–Trinajstić information content (AvgIpc) is 2.64. The second-order valence-corrected chi connectivity index (χ2v) is 6.40. The summed E-state index contributed by atoms with van der Waals surface area (Å²) in [7, 11) is 0. The van der Waals surface area contributed by atoms with Crippen LogP contribution in [0.3, 0.4) is 0 Å². The number of amides is 1. The van der Waals surface area contributed by atoms with Crippen molar-refractivity contribution in [3.63, 3.8) is 0 Å². The van der Waals surface area contributed by atoms with E-state index in [0.717, 1.165) is 16.7 Å². The van der Waals surface area contributed by atoms with E-state index in [1.54, 1.807) is 12.4 Å². The van der Waals surface area contributed by atoms with Crippen molar-refractivity contribution in [3.8, 4) is 11.1 Å². The summed E-state index contributed by atoms with van der Waals surface area (Å²) in [6, 6.07) is 9.78. The van der Waals surface area contributed by atoms with Crippen molar-refractivity contribution in [2.24, 2.45) is 0 Å². The van der Waals surface area contributed by atoms with Gasteiger partial charge in [0, 0.05) is 29.0 Å². The first-order valence-corrected chi connectivity index (χ1v) is 8.38. The largest absolute Gasteiger partial charge is 0.290 e. The summed E-state index contributed by atoms with van der Waals surface area (Å²) in [5.41, 5.74) is 3.59. The zero-order chi connectivity index (χ0) is 19.6. The Labute approximate surface area is 160 Å². The van der Waals surface area contributed by atoms with Gasteiger partial charge in [0.1, 0.15) is 5.56 Å². The summed E-state index contributed by atoms with van der Waals surface area (Å²) in [6.45, 7) is 4.05. The monoisotopic (exact) mass is 382 g/mol. The lowest BCUT2D eigenvalue weighted by atomic mass is 10.0. The number of nitro groups is 1. The zero-order valence-electron chi connectivity index (χ0n) is 14.6. The topological polar surface area (TPSA) is 98.0 Å². The highest BCUT2D eigenvalue weighted by Gasteiger charge is 2.21. The highest BCUT2D eigenvalue weighted by molar-refractivity contribution is 6.31. The number of aryl methyl sites for hydroxylation is 2. The zero-order valence-corrected chi connectivity index (χ0v) is 15.3. The minimum atomic E-state index is -0.705. The Bertz CT molecular complexity index is 1040. The third kappa shape index (κ3) is 4.09. The van der Waals surface area contributed by atoms with E-state index in [0.29, 0.717) is 0 Å². The maximum atomic E-state index is 12.4. The van der Waals surface area contributed by atoms with Gasteiger partial charge in [0.15, 0.2) is 0 Å². The SMILES string of the molecule is Cc1ccc(-c2cnc(NC(=O)c3cc(Cl)ccc3[N+](=O)[O-])nc2)cc1C. The number of nitro benzene ring substituents is 1. The molecule has 0 fully saturated rings. The van der Waals surface area contributed by atoms with Crippen LogP contribution in [0.1, 0.15) is 21.5 Å². The molecular weight excluding hydrogens is 368 g/mol. The number of anilines is 1. The molecule has 8 heteroatoms. The quantitative estimate of drug-likeness (QED) is 0.526. The van der Waals surface area contributed by atoms with Crippen molar-refractivity contribution in [3.05, 3.63) is 80.6 Å². The molecule has 136 valence electrons. The summed E-state index contributed by atoms with van der Waals surface area (Å²) < 4.78 is 0. The van der Waals surface area contributed by atoms with Gasteiger partial charge in [-0.1, -0.05) is 29.8 Å². The first kappa shape index (κ1) is 18.5. The van der Waals surface area contributed by atoms with Crippen LogP contribution in [0.2, 0.25) is 5.02 Å². The molecule has 3 rings (SSSR count). The Balaban J connectivity index is 1.83. The fraction of sp³-hybridized carbons (Fsp3) is 0.105. The van der Waals surface area contributed by atoms with Gasteiger partial charge >= 0.3 is 0 Å². The Morgan fingerprint density at radius 3 is 2.37 bits per heavy atom. The van der Waals surface area contributed by atoms with E-state index in [9.17, 15) is 14.9 Å². The maximum Gasteiger partial charge on any atom is 0.282 e. The molecule has 1 amide bonds. The van der Waals surface area contributed by atoms with Crippen LogP contribution < -0.4 is 5.32 Å². The van der Waals surface area contributed by atoms with Gasteiger partial charge in [0.2, 0.25) is 5.95 Å². The lowest BCUT2D eigenvalue weighted by Gasteiger charge is -2.07. The molecule has 27 heavy (non-hydrogen) atoms. The number of benzene rings is 2. The van der Waals surface area contributed by atoms with Crippen molar-refractivity contribution in [1.82, 2.24) is 9.97 Å². The van der Waals surface area contributed by atoms with Crippen molar-refractivity contribution < 1.29 is 9.72 Å². The van der Waals surface area contributed by atoms with Crippen LogP contribution >= 0.6 is 11.6 Å². The number of carbonyl (C=O) groups excluding carboxylic acids is 1. The minimum Gasteiger partial charge on any atom is -0.290 e. The molecular formula is C19H15ClN4O3. The van der Waals surface area contributed by atoms with Gasteiger partial charge in [-0.3, -0.25) is 20.2 Å². The van der Waals surface area contributed by atoms with E-state index < -0.39 is 10.8 Å². The van der Waals surface area contributed by atoms with Crippen LogP contribution in [-0.4, -0.2) is 20.8 Å². The number of rotatable bonds is 4. The lowest BCUT2D eigenvalue weighted by Crippen LogP contribution is -2.15. The molecule has 0 bridgehead atoms. The molecule has 0 saturated heterocycles. The predicted octanol–water partition coefficient (Wildman–Crippen LogP) is 4.57. The molecule has 0 unspecified atom stereocenters. The summed E-state index contributed by atoms with van der Waals surface area (Å²) in [5, 5.41) is 13.8. The molecule has 7 nitrogen and oxygen atoms in total. The highest BCUT2D eigenvalue weighted by Crippen LogP contribution is 2.24. The first-order chi connectivity index (χ1) is 12.8. The highest BCUT2D eigenvalue weighted by atomic mass is 35.5. The minimum absolute atomic E-state index is 0.0434. The fourth-order valence-corrected chi connectivity index (χ4v) is 2.65. The van der Waals surface area contributed by atoms with Gasteiger partial charge in [0.05, 0.1) is 4.92 Å². The van der Waals surface area contributed by atoms with E-state index in [4.69, 9.17) is 11.6 Å². The van der Waals surface area contributed by atoms with Gasteiger partial charge in [-0.2, -0.15) is 0 Å². The molecule has 0 atom stereocenters. The predicted molar refractivity (Wildman–Crippen MR) is 103 cm³/mol. The number of hydrogen-bond acceptors (Lipinski definition) is 5. The number of nitrogens with one attached hydrogen (secondary N) is 1. The Kier molecular flexibility index (Phi) is 5.14. The van der Waals surface area contributed by atoms with E-state index >= 15 is 0 Å². The van der Waals surface area contributed by atoms with E-state index in [2.05, 4.69) is 15.3 Å². The molecule has 3 aromatic rings. The number of nitrogens with zero attached hydrogens (tertiary/aromatic N) is 3. The number of carbonyl (C=O) groups is 1. The molecule has 0 aliphatic rings. The van der Waals surface area contributed by atoms with Crippen molar-refractivity contribution >= 4 is 29.1 Å². The summed E-state index contributed by atoms with van der Waals surface area (Å²) in [4.78, 5) is 31.1. The summed E-state index contributed by atoms with van der Waals surface area (Å²) in [5.74, 6) is -0.662. The van der Waals surface area contributed by atoms with E-state index in [1.807, 2.05) is 32.0 Å². The summed E-state index contributed by atoms with van der Waals surface area (Å²) in [6.07, 6.45) is 3.16. The fourth-order valence-electron chi connectivity index (χ4n) is 2.48. The lowest BCUT2D eigenvalue weighted by molar-refractivity contribution is -0.385. The molecule has 0 aliphatic carbocycles. The third-order valence-corrected chi connectivity index (χ3v) is 4.35. The molecule has 0 aliphatic heterocycles. The van der Waals surface area contributed by atoms with Crippen molar-refractivity contribution in [1.29, 1.82) is 0 Å². The van der Waals surface area contributed by atoms with Gasteiger partial charge in [-0.25, -0.2) is 9.97 Å². The van der Waals surface area contributed by atoms with Gasteiger partial charge < -0.3 is 0 Å². The number of aromatic nitrogens is 2. The molecule has 0 spiro atoms. The average molecular weight is 383 g/mol. The van der Waals surface area contributed by atoms with Crippen LogP contribution in [0, 0.1) is 24.0 Å². The third-order valence-electron chi connectivity index (χ3n) is 4.12. The normalized spacial score (nSPS) is 10.5. The van der Waals surface area contributed by atoms with Gasteiger partial charge in [-0.05, 0) is 42.7 Å². The first-order valence-electron chi connectivity index (χ1n) is 8.00. The molecule has 1 heterocycles. The molecule has 0 saturated carbocycles. The van der Waals surface area contributed by atoms with Crippen LogP contribution in [0.5, 0.6) is 0 Å². The summed E-state index contributed by atoms with van der Waals surface area (Å²) >= 11 is 5.85. The smallest absolute Gasteiger partial charge is 0.282 e. The number of halogens is 1. The van der Waals surface area contributed by atoms with E-state index in [1.165, 1.54) is 23.8 Å². The maximum absolute atomic E-state index is 12.4. The van der Waals surface area contributed by atoms with Gasteiger partial charge in [-0.15, -0.1) is 0 Å². The molecule has 0 radical (unpaired) electrons. The van der Waals surface area contributed by atoms with Crippen LogP contribution in [0.15, 0.2) is 48.8 Å². The van der Waals surface area contributed by atoms with Crippen molar-refractivity contribution in [2.75, 3.05) is 5.32 Å². The van der Waals surface area contributed by atoms with Crippen LogP contribution in [0.4, 0.5) is 11.6 Å². The van der Waals surface area contributed by atoms with Gasteiger partial charge in [0.25, 0.3) is 11.6 Å². The Hall–Kier alpha value is -3.32. The molecule has 2 aromatic carbocycles. The molecule has 1 N–H and O–H groups in total.